The normalized spacial score (nSPS) is 48.2. The highest BCUT2D eigenvalue weighted by atomic mass is 16.6. The first-order valence-electron chi connectivity index (χ1n) is 14.6. The molecular formula is C32H48O5. The maximum atomic E-state index is 13.1. The number of rotatable bonds is 3. The number of cyclic esters (lactones) is 1. The molecule has 1 aliphatic heterocycles. The molecule has 0 amide bonds. The molecule has 4 aliphatic carbocycles. The Hall–Kier alpha value is -1.62. The molecule has 5 rings (SSSR count). The third kappa shape index (κ3) is 3.80. The van der Waals surface area contributed by atoms with Crippen molar-refractivity contribution in [1.82, 2.24) is 0 Å². The Balaban J connectivity index is 1.45. The van der Waals surface area contributed by atoms with Crippen LogP contribution in [0.15, 0.2) is 23.3 Å². The van der Waals surface area contributed by atoms with Crippen LogP contribution in [0, 0.1) is 45.3 Å². The fourth-order valence-electron chi connectivity index (χ4n) is 10.4. The van der Waals surface area contributed by atoms with E-state index < -0.39 is 6.10 Å². The number of aliphatic hydroxyl groups is 1. The Bertz CT molecular complexity index is 1040. The molecule has 5 nitrogen and oxygen atoms in total. The van der Waals surface area contributed by atoms with E-state index in [9.17, 15) is 14.7 Å². The summed E-state index contributed by atoms with van der Waals surface area (Å²) in [7, 11) is 0. The van der Waals surface area contributed by atoms with Crippen LogP contribution >= 0.6 is 0 Å². The van der Waals surface area contributed by atoms with Gasteiger partial charge in [-0.2, -0.15) is 0 Å². The summed E-state index contributed by atoms with van der Waals surface area (Å²) in [6.07, 6.45) is 10.2. The van der Waals surface area contributed by atoms with Gasteiger partial charge in [-0.25, -0.2) is 0 Å². The molecule has 10 atom stereocenters. The van der Waals surface area contributed by atoms with Crippen LogP contribution in [0.3, 0.4) is 0 Å². The zero-order chi connectivity index (χ0) is 27.1. The molecule has 4 fully saturated rings. The molecule has 206 valence electrons. The summed E-state index contributed by atoms with van der Waals surface area (Å²) >= 11 is 0. The number of hydrogen-bond donors (Lipinski definition) is 1. The van der Waals surface area contributed by atoms with E-state index in [0.717, 1.165) is 44.9 Å². The number of esters is 2. The molecule has 10 unspecified atom stereocenters. The summed E-state index contributed by atoms with van der Waals surface area (Å²) in [4.78, 5) is 24.9. The molecule has 37 heavy (non-hydrogen) atoms. The lowest BCUT2D eigenvalue weighted by Gasteiger charge is -2.68. The van der Waals surface area contributed by atoms with Crippen LogP contribution in [0.4, 0.5) is 0 Å². The van der Waals surface area contributed by atoms with Crippen LogP contribution in [0.25, 0.3) is 0 Å². The van der Waals surface area contributed by atoms with Crippen molar-refractivity contribution < 1.29 is 24.2 Å². The molecule has 5 heteroatoms. The van der Waals surface area contributed by atoms with Gasteiger partial charge in [0.1, 0.15) is 12.2 Å². The summed E-state index contributed by atoms with van der Waals surface area (Å²) in [5.74, 6) is 0.535. The minimum atomic E-state index is -0.454. The average molecular weight is 513 g/mol. The molecule has 5 aliphatic rings. The number of ether oxygens (including phenoxy) is 2. The van der Waals surface area contributed by atoms with Crippen molar-refractivity contribution in [3.63, 3.8) is 0 Å². The Morgan fingerprint density at radius 2 is 1.76 bits per heavy atom. The molecule has 0 aromatic carbocycles. The monoisotopic (exact) mass is 512 g/mol. The summed E-state index contributed by atoms with van der Waals surface area (Å²) in [6, 6.07) is 0. The second kappa shape index (κ2) is 8.69. The third-order valence-electron chi connectivity index (χ3n) is 12.1. The van der Waals surface area contributed by atoms with Crippen LogP contribution in [0.5, 0.6) is 0 Å². The van der Waals surface area contributed by atoms with Crippen molar-refractivity contribution in [2.24, 2.45) is 45.3 Å². The summed E-state index contributed by atoms with van der Waals surface area (Å²) in [6.45, 7) is 17.2. The SMILES string of the molecule is CC(=O)OC1CCC2(C)C(CC(O)C3(C)C4=CCC(C5CC(C=C(C)C)OC5=O)C4(C)CCC23)C1(C)C. The van der Waals surface area contributed by atoms with Crippen LogP contribution in [-0.2, 0) is 19.1 Å². The van der Waals surface area contributed by atoms with E-state index in [1.54, 1.807) is 0 Å². The molecule has 0 aromatic rings. The van der Waals surface area contributed by atoms with Crippen LogP contribution in [-0.4, -0.2) is 35.4 Å². The lowest BCUT2D eigenvalue weighted by atomic mass is 9.37. The van der Waals surface area contributed by atoms with E-state index in [2.05, 4.69) is 60.6 Å². The molecular weight excluding hydrogens is 464 g/mol. The summed E-state index contributed by atoms with van der Waals surface area (Å²) in [5, 5.41) is 12.0. The first-order valence-corrected chi connectivity index (χ1v) is 14.6. The predicted molar refractivity (Wildman–Crippen MR) is 143 cm³/mol. The van der Waals surface area contributed by atoms with E-state index in [-0.39, 0.29) is 63.6 Å². The highest BCUT2D eigenvalue weighted by Crippen LogP contribution is 2.73. The fourth-order valence-corrected chi connectivity index (χ4v) is 10.4. The third-order valence-corrected chi connectivity index (χ3v) is 12.1. The Morgan fingerprint density at radius 3 is 2.41 bits per heavy atom. The van der Waals surface area contributed by atoms with Crippen molar-refractivity contribution in [2.45, 2.75) is 119 Å². The smallest absolute Gasteiger partial charge is 0.310 e. The van der Waals surface area contributed by atoms with Crippen molar-refractivity contribution in [3.05, 3.63) is 23.3 Å². The average Bonchev–Trinajstić information content (AvgIpc) is 3.31. The minimum Gasteiger partial charge on any atom is -0.462 e. The Morgan fingerprint density at radius 1 is 1.05 bits per heavy atom. The molecule has 0 aromatic heterocycles. The van der Waals surface area contributed by atoms with Gasteiger partial charge in [-0.3, -0.25) is 9.59 Å². The van der Waals surface area contributed by atoms with E-state index in [0.29, 0.717) is 5.92 Å². The van der Waals surface area contributed by atoms with Gasteiger partial charge in [0.25, 0.3) is 0 Å². The number of carbonyl (C=O) groups excluding carboxylic acids is 2. The largest absolute Gasteiger partial charge is 0.462 e. The van der Waals surface area contributed by atoms with Crippen molar-refractivity contribution in [3.8, 4) is 0 Å². The lowest BCUT2D eigenvalue weighted by Crippen LogP contribution is -2.65. The van der Waals surface area contributed by atoms with Crippen LogP contribution < -0.4 is 0 Å². The fraction of sp³-hybridized carbons (Fsp3) is 0.812. The van der Waals surface area contributed by atoms with Gasteiger partial charge in [-0.05, 0) is 87.0 Å². The van der Waals surface area contributed by atoms with Crippen molar-refractivity contribution >= 4 is 11.9 Å². The van der Waals surface area contributed by atoms with Crippen LogP contribution in [0.1, 0.15) is 100 Å². The van der Waals surface area contributed by atoms with E-state index in [1.165, 1.54) is 18.1 Å². The second-order valence-electron chi connectivity index (χ2n) is 14.6. The van der Waals surface area contributed by atoms with Gasteiger partial charge in [0.15, 0.2) is 0 Å². The van der Waals surface area contributed by atoms with Gasteiger partial charge in [0.05, 0.1) is 12.0 Å². The molecule has 0 bridgehead atoms. The summed E-state index contributed by atoms with van der Waals surface area (Å²) < 4.78 is 11.6. The first-order chi connectivity index (χ1) is 17.2. The molecule has 0 radical (unpaired) electrons. The lowest BCUT2D eigenvalue weighted by molar-refractivity contribution is -0.219. The number of carbonyl (C=O) groups is 2. The molecule has 0 spiro atoms. The van der Waals surface area contributed by atoms with Gasteiger partial charge >= 0.3 is 11.9 Å². The first kappa shape index (κ1) is 27.0. The predicted octanol–water partition coefficient (Wildman–Crippen LogP) is 6.39. The standard InChI is InChI=1S/C32H48O5/c1-18(2)15-20-16-21(28(35)37-20)22-9-10-23-30(22,6)13-11-24-31(7)14-12-27(36-19(3)33)29(4,5)25(31)17-26(34)32(23,24)8/h10,15,20-22,24-27,34H,9,11-14,16-17H2,1-8H3. The maximum absolute atomic E-state index is 13.1. The van der Waals surface area contributed by atoms with Gasteiger partial charge < -0.3 is 14.6 Å². The topological polar surface area (TPSA) is 72.8 Å². The van der Waals surface area contributed by atoms with E-state index >= 15 is 0 Å². The Kier molecular flexibility index (Phi) is 6.34. The number of hydrogen-bond acceptors (Lipinski definition) is 5. The van der Waals surface area contributed by atoms with Gasteiger partial charge in [-0.1, -0.05) is 51.8 Å². The quantitative estimate of drug-likeness (QED) is 0.350. The maximum Gasteiger partial charge on any atom is 0.310 e. The number of fused-ring (bicyclic) bond motifs is 5. The molecule has 1 N–H and O–H groups in total. The minimum absolute atomic E-state index is 0.0441. The van der Waals surface area contributed by atoms with Gasteiger partial charge in [-0.15, -0.1) is 0 Å². The van der Waals surface area contributed by atoms with E-state index in [1.807, 2.05) is 0 Å². The Labute approximate surface area is 223 Å². The second-order valence-corrected chi connectivity index (χ2v) is 14.6. The molecule has 1 heterocycles. The number of aliphatic hydroxyl groups excluding tert-OH is 1. The zero-order valence-electron chi connectivity index (χ0n) is 24.2. The summed E-state index contributed by atoms with van der Waals surface area (Å²) in [5.41, 5.74) is 2.05. The van der Waals surface area contributed by atoms with Crippen molar-refractivity contribution in [1.29, 1.82) is 0 Å². The van der Waals surface area contributed by atoms with Crippen LogP contribution in [0.2, 0.25) is 0 Å². The van der Waals surface area contributed by atoms with Gasteiger partial charge in [0, 0.05) is 24.2 Å². The molecule has 3 saturated carbocycles. The van der Waals surface area contributed by atoms with Gasteiger partial charge in [0.2, 0.25) is 0 Å². The molecule has 1 saturated heterocycles. The zero-order valence-corrected chi connectivity index (χ0v) is 24.2. The highest BCUT2D eigenvalue weighted by Gasteiger charge is 2.69. The van der Waals surface area contributed by atoms with E-state index in [4.69, 9.17) is 9.47 Å². The highest BCUT2D eigenvalue weighted by molar-refractivity contribution is 5.76. The number of allylic oxidation sites excluding steroid dienone is 2. The van der Waals surface area contributed by atoms with Crippen molar-refractivity contribution in [2.75, 3.05) is 0 Å².